The first kappa shape index (κ1) is 14.7. The molecule has 0 saturated heterocycles. The summed E-state index contributed by atoms with van der Waals surface area (Å²) in [5, 5.41) is 3.02. The molecule has 2 aliphatic rings. The number of hydrogen-bond acceptors (Lipinski definition) is 4. The maximum Gasteiger partial charge on any atom is 0.248 e. The summed E-state index contributed by atoms with van der Waals surface area (Å²) in [4.78, 5) is 11.9. The van der Waals surface area contributed by atoms with Crippen molar-refractivity contribution in [1.29, 1.82) is 0 Å². The third-order valence-corrected chi connectivity index (χ3v) is 4.34. The molecule has 0 spiro atoms. The second kappa shape index (κ2) is 5.21. The number of methoxy groups -OCH3 is 1. The summed E-state index contributed by atoms with van der Waals surface area (Å²) >= 11 is 0. The fraction of sp³-hybridized carbons (Fsp3) is 0.438. The number of rotatable bonds is 3. The molecule has 1 aromatic rings. The topological polar surface area (TPSA) is 56.8 Å². The second-order valence-corrected chi connectivity index (χ2v) is 6.08. The number of hydrogen-bond donors (Lipinski definition) is 1. The molecule has 0 fully saturated rings. The van der Waals surface area contributed by atoms with Crippen LogP contribution >= 0.6 is 0 Å². The van der Waals surface area contributed by atoms with Gasteiger partial charge in [0.15, 0.2) is 17.7 Å². The van der Waals surface area contributed by atoms with Crippen molar-refractivity contribution in [3.63, 3.8) is 0 Å². The Morgan fingerprint density at radius 3 is 2.95 bits per heavy atom. The molecule has 3 rings (SSSR count). The van der Waals surface area contributed by atoms with E-state index in [9.17, 15) is 4.79 Å². The van der Waals surface area contributed by atoms with Crippen molar-refractivity contribution in [1.82, 2.24) is 5.32 Å². The van der Waals surface area contributed by atoms with Gasteiger partial charge in [0.1, 0.15) is 0 Å². The number of fused-ring (bicyclic) bond motifs is 2. The third kappa shape index (κ3) is 2.20. The first-order valence-electron chi connectivity index (χ1n) is 7.23. The summed E-state index contributed by atoms with van der Waals surface area (Å²) in [5.41, 5.74) is 2.08. The van der Waals surface area contributed by atoms with Gasteiger partial charge in [0.25, 0.3) is 0 Å². The van der Waals surface area contributed by atoms with Crippen molar-refractivity contribution in [2.45, 2.75) is 12.6 Å². The van der Waals surface area contributed by atoms with Crippen LogP contribution in [0.3, 0.4) is 0 Å². The van der Waals surface area contributed by atoms with Gasteiger partial charge in [-0.3, -0.25) is 10.1 Å². The molecule has 22 heavy (non-hydrogen) atoms. The summed E-state index contributed by atoms with van der Waals surface area (Å²) < 4.78 is 17.3. The smallest absolute Gasteiger partial charge is 0.248 e. The highest BCUT2D eigenvalue weighted by atomic mass is 16.7. The van der Waals surface area contributed by atoms with Crippen molar-refractivity contribution in [2.24, 2.45) is 0 Å². The molecule has 6 heteroatoms. The Bertz CT molecular complexity index is 640. The lowest BCUT2D eigenvalue weighted by Crippen LogP contribution is -2.54. The molecular weight excluding hydrogens is 284 g/mol. The van der Waals surface area contributed by atoms with Gasteiger partial charge in [0, 0.05) is 6.42 Å². The largest absolute Gasteiger partial charge is 0.492 e. The molecule has 1 N–H and O–H groups in total. The zero-order valence-electron chi connectivity index (χ0n) is 13.1. The van der Waals surface area contributed by atoms with E-state index in [1.807, 2.05) is 6.07 Å². The molecule has 0 aliphatic carbocycles. The number of ether oxygens (including phenoxy) is 3. The molecular formula is C16H21N2O4+. The molecule has 118 valence electrons. The molecule has 1 aromatic carbocycles. The average molecular weight is 305 g/mol. The molecule has 0 bridgehead atoms. The van der Waals surface area contributed by atoms with E-state index >= 15 is 0 Å². The number of benzene rings is 1. The van der Waals surface area contributed by atoms with Crippen LogP contribution in [0.15, 0.2) is 18.7 Å². The SMILES string of the molecule is C=CC(=O)N[C@H]1c2c(cc3c(c2OC)OCO3)CC[N+]1(C)C. The quantitative estimate of drug-likeness (QED) is 0.677. The van der Waals surface area contributed by atoms with E-state index in [0.29, 0.717) is 21.7 Å². The van der Waals surface area contributed by atoms with Crippen LogP contribution < -0.4 is 19.5 Å². The van der Waals surface area contributed by atoms with Crippen LogP contribution in [0.4, 0.5) is 0 Å². The highest BCUT2D eigenvalue weighted by Crippen LogP contribution is 2.49. The van der Waals surface area contributed by atoms with Crippen LogP contribution in [0.2, 0.25) is 0 Å². The Hall–Kier alpha value is -2.21. The number of nitrogens with one attached hydrogen (secondary N) is 1. The minimum Gasteiger partial charge on any atom is -0.492 e. The summed E-state index contributed by atoms with van der Waals surface area (Å²) in [6.07, 6.45) is 1.95. The lowest BCUT2D eigenvalue weighted by Gasteiger charge is -2.42. The monoisotopic (exact) mass is 305 g/mol. The number of amides is 1. The van der Waals surface area contributed by atoms with Gasteiger partial charge in [0.05, 0.1) is 33.3 Å². The van der Waals surface area contributed by atoms with Crippen LogP contribution in [0.1, 0.15) is 17.3 Å². The van der Waals surface area contributed by atoms with E-state index in [4.69, 9.17) is 14.2 Å². The molecule has 0 aromatic heterocycles. The highest BCUT2D eigenvalue weighted by Gasteiger charge is 2.41. The van der Waals surface area contributed by atoms with Crippen LogP contribution in [0.25, 0.3) is 0 Å². The Morgan fingerprint density at radius 1 is 1.50 bits per heavy atom. The normalized spacial score (nSPS) is 21.0. The summed E-state index contributed by atoms with van der Waals surface area (Å²) in [6.45, 7) is 4.63. The van der Waals surface area contributed by atoms with E-state index in [1.54, 1.807) is 7.11 Å². The minimum atomic E-state index is -0.223. The summed E-state index contributed by atoms with van der Waals surface area (Å²) in [6, 6.07) is 1.99. The number of quaternary nitrogens is 1. The molecule has 1 amide bonds. The molecule has 0 unspecified atom stereocenters. The number of carbonyl (C=O) groups is 1. The highest BCUT2D eigenvalue weighted by molar-refractivity contribution is 5.87. The molecule has 0 radical (unpaired) electrons. The van der Waals surface area contributed by atoms with Crippen molar-refractivity contribution >= 4 is 5.91 Å². The molecule has 6 nitrogen and oxygen atoms in total. The fourth-order valence-corrected chi connectivity index (χ4v) is 3.11. The number of carbonyl (C=O) groups excluding carboxylic acids is 1. The van der Waals surface area contributed by atoms with Gasteiger partial charge in [-0.05, 0) is 17.7 Å². The van der Waals surface area contributed by atoms with E-state index < -0.39 is 0 Å². The fourth-order valence-electron chi connectivity index (χ4n) is 3.11. The lowest BCUT2D eigenvalue weighted by molar-refractivity contribution is -0.925. The van der Waals surface area contributed by atoms with Crippen molar-refractivity contribution in [2.75, 3.05) is 34.5 Å². The Morgan fingerprint density at radius 2 is 2.27 bits per heavy atom. The summed E-state index contributed by atoms with van der Waals surface area (Å²) in [7, 11) is 5.78. The minimum absolute atomic E-state index is 0.191. The number of nitrogens with zero attached hydrogens (tertiary/aromatic N) is 1. The Kier molecular flexibility index (Phi) is 3.48. The van der Waals surface area contributed by atoms with Gasteiger partial charge in [-0.15, -0.1) is 0 Å². The molecule has 0 saturated carbocycles. The summed E-state index contributed by atoms with van der Waals surface area (Å²) in [5.74, 6) is 1.76. The van der Waals surface area contributed by atoms with Gasteiger partial charge in [0.2, 0.25) is 18.4 Å². The molecule has 1 atom stereocenters. The average Bonchev–Trinajstić information content (AvgIpc) is 2.95. The van der Waals surface area contributed by atoms with Gasteiger partial charge in [-0.25, -0.2) is 0 Å². The Labute approximate surface area is 129 Å². The van der Waals surface area contributed by atoms with Crippen molar-refractivity contribution < 1.29 is 23.5 Å². The molecule has 2 aliphatic heterocycles. The first-order chi connectivity index (χ1) is 10.5. The molecule has 2 heterocycles. The second-order valence-electron chi connectivity index (χ2n) is 6.08. The van der Waals surface area contributed by atoms with Gasteiger partial charge in [-0.2, -0.15) is 0 Å². The number of likely N-dealkylation sites (N-methyl/N-ethyl adjacent to an activating group) is 1. The van der Waals surface area contributed by atoms with Crippen molar-refractivity contribution in [3.8, 4) is 17.2 Å². The maximum atomic E-state index is 11.9. The van der Waals surface area contributed by atoms with Gasteiger partial charge in [-0.1, -0.05) is 6.58 Å². The Balaban J connectivity index is 2.16. The van der Waals surface area contributed by atoms with Gasteiger partial charge < -0.3 is 18.7 Å². The van der Waals surface area contributed by atoms with Crippen LogP contribution in [0, 0.1) is 0 Å². The zero-order chi connectivity index (χ0) is 15.9. The van der Waals surface area contributed by atoms with E-state index in [0.717, 1.165) is 24.1 Å². The zero-order valence-corrected chi connectivity index (χ0v) is 13.1. The maximum absolute atomic E-state index is 11.9. The van der Waals surface area contributed by atoms with Gasteiger partial charge >= 0.3 is 0 Å². The predicted octanol–water partition coefficient (Wildman–Crippen LogP) is 1.36. The first-order valence-corrected chi connectivity index (χ1v) is 7.23. The van der Waals surface area contributed by atoms with E-state index in [1.165, 1.54) is 6.08 Å². The van der Waals surface area contributed by atoms with Crippen LogP contribution in [-0.2, 0) is 11.2 Å². The standard InChI is InChI=1S/C16H20N2O4/c1-5-12(19)17-16-13-10(6-7-18(16,2)3)8-11-14(15(13)20-4)22-9-21-11/h5,8,16H,1,6-7,9H2,2-4H3/p+1/t16-/m1/s1. The lowest BCUT2D eigenvalue weighted by atomic mass is 9.93. The van der Waals surface area contributed by atoms with E-state index in [2.05, 4.69) is 26.0 Å². The van der Waals surface area contributed by atoms with E-state index in [-0.39, 0.29) is 18.9 Å². The van der Waals surface area contributed by atoms with Crippen LogP contribution in [-0.4, -0.2) is 44.9 Å². The van der Waals surface area contributed by atoms with Crippen LogP contribution in [0.5, 0.6) is 17.2 Å². The third-order valence-electron chi connectivity index (χ3n) is 4.34. The predicted molar refractivity (Wildman–Crippen MR) is 80.9 cm³/mol. The van der Waals surface area contributed by atoms with Crippen molar-refractivity contribution in [3.05, 3.63) is 29.8 Å².